The van der Waals surface area contributed by atoms with E-state index in [-0.39, 0.29) is 11.6 Å². The summed E-state index contributed by atoms with van der Waals surface area (Å²) in [7, 11) is 0. The summed E-state index contributed by atoms with van der Waals surface area (Å²) in [5, 5.41) is 3.29. The summed E-state index contributed by atoms with van der Waals surface area (Å²) < 4.78 is 5.56. The molecule has 0 saturated carbocycles. The number of fused-ring (bicyclic) bond motifs is 1. The highest BCUT2D eigenvalue weighted by molar-refractivity contribution is 5.93. The molecule has 1 fully saturated rings. The minimum absolute atomic E-state index is 0.141. The summed E-state index contributed by atoms with van der Waals surface area (Å²) >= 11 is 0. The highest BCUT2D eigenvalue weighted by Gasteiger charge is 2.51. The summed E-state index contributed by atoms with van der Waals surface area (Å²) in [4.78, 5) is 14.5. The van der Waals surface area contributed by atoms with Crippen LogP contribution in [-0.2, 0) is 17.8 Å². The van der Waals surface area contributed by atoms with Crippen LogP contribution in [0.1, 0.15) is 11.1 Å². The van der Waals surface area contributed by atoms with Gasteiger partial charge in [-0.25, -0.2) is 4.79 Å². The molecule has 2 aromatic rings. The molecule has 4 nitrogen and oxygen atoms in total. The van der Waals surface area contributed by atoms with E-state index in [0.29, 0.717) is 6.61 Å². The minimum Gasteiger partial charge on any atom is -0.444 e. The van der Waals surface area contributed by atoms with Crippen LogP contribution in [0.3, 0.4) is 0 Å². The summed E-state index contributed by atoms with van der Waals surface area (Å²) in [6, 6.07) is 17.9. The zero-order valence-electron chi connectivity index (χ0n) is 12.3. The molecular formula is C18H18N2O2. The molecule has 2 aliphatic heterocycles. The fourth-order valence-electron chi connectivity index (χ4n) is 3.34. The summed E-state index contributed by atoms with van der Waals surface area (Å²) in [5.41, 5.74) is 3.07. The fourth-order valence-corrected chi connectivity index (χ4v) is 3.34. The van der Waals surface area contributed by atoms with Crippen LogP contribution in [0.25, 0.3) is 0 Å². The van der Waals surface area contributed by atoms with Gasteiger partial charge in [0.15, 0.2) is 0 Å². The third-order valence-electron chi connectivity index (χ3n) is 4.52. The SMILES string of the molecule is O=C(OCc1ccccc1)N1c2ccccc2CC12CNC2. The minimum atomic E-state index is -0.254. The maximum Gasteiger partial charge on any atom is 0.415 e. The Balaban J connectivity index is 1.56. The van der Waals surface area contributed by atoms with Crippen LogP contribution in [-0.4, -0.2) is 24.7 Å². The molecule has 1 amide bonds. The van der Waals surface area contributed by atoms with Crippen LogP contribution < -0.4 is 10.2 Å². The number of hydrogen-bond donors (Lipinski definition) is 1. The molecule has 0 aliphatic carbocycles. The summed E-state index contributed by atoms with van der Waals surface area (Å²) in [5.74, 6) is 0. The lowest BCUT2D eigenvalue weighted by atomic mass is 9.88. The molecule has 0 radical (unpaired) electrons. The Hall–Kier alpha value is -2.33. The number of nitrogens with one attached hydrogen (secondary N) is 1. The predicted octanol–water partition coefficient (Wildman–Crippen LogP) is 2.73. The van der Waals surface area contributed by atoms with E-state index in [1.165, 1.54) is 5.56 Å². The lowest BCUT2D eigenvalue weighted by Gasteiger charge is -2.45. The van der Waals surface area contributed by atoms with Gasteiger partial charge in [0.25, 0.3) is 0 Å². The van der Waals surface area contributed by atoms with Gasteiger partial charge in [0.05, 0.1) is 11.2 Å². The molecule has 1 spiro atoms. The van der Waals surface area contributed by atoms with Gasteiger partial charge in [-0.1, -0.05) is 48.5 Å². The van der Waals surface area contributed by atoms with Crippen molar-refractivity contribution in [2.75, 3.05) is 18.0 Å². The molecule has 2 aliphatic rings. The van der Waals surface area contributed by atoms with E-state index in [0.717, 1.165) is 30.8 Å². The lowest BCUT2D eigenvalue weighted by molar-refractivity contribution is 0.133. The van der Waals surface area contributed by atoms with Crippen molar-refractivity contribution in [3.05, 3.63) is 65.7 Å². The Bertz CT molecular complexity index is 695. The van der Waals surface area contributed by atoms with Crippen molar-refractivity contribution in [3.63, 3.8) is 0 Å². The normalized spacial score (nSPS) is 17.9. The molecule has 0 atom stereocenters. The van der Waals surface area contributed by atoms with Crippen molar-refractivity contribution in [2.24, 2.45) is 0 Å². The number of nitrogens with zero attached hydrogens (tertiary/aromatic N) is 1. The van der Waals surface area contributed by atoms with Crippen LogP contribution in [0.5, 0.6) is 0 Å². The largest absolute Gasteiger partial charge is 0.444 e. The van der Waals surface area contributed by atoms with Crippen molar-refractivity contribution in [3.8, 4) is 0 Å². The Morgan fingerprint density at radius 3 is 2.55 bits per heavy atom. The van der Waals surface area contributed by atoms with E-state index in [4.69, 9.17) is 4.74 Å². The number of carbonyl (C=O) groups is 1. The second-order valence-electron chi connectivity index (χ2n) is 6.01. The van der Waals surface area contributed by atoms with Crippen molar-refractivity contribution < 1.29 is 9.53 Å². The molecule has 1 saturated heterocycles. The smallest absolute Gasteiger partial charge is 0.415 e. The van der Waals surface area contributed by atoms with Gasteiger partial charge in [-0.3, -0.25) is 4.90 Å². The highest BCUT2D eigenvalue weighted by atomic mass is 16.6. The van der Waals surface area contributed by atoms with Gasteiger partial charge in [0.1, 0.15) is 6.61 Å². The van der Waals surface area contributed by atoms with Crippen molar-refractivity contribution in [1.29, 1.82) is 0 Å². The average Bonchev–Trinajstić information content (AvgIpc) is 2.89. The molecule has 4 rings (SSSR count). The number of anilines is 1. The third-order valence-corrected chi connectivity index (χ3v) is 4.52. The first-order valence-corrected chi connectivity index (χ1v) is 7.58. The van der Waals surface area contributed by atoms with Crippen LogP contribution in [0.15, 0.2) is 54.6 Å². The van der Waals surface area contributed by atoms with Crippen LogP contribution in [0.2, 0.25) is 0 Å². The Labute approximate surface area is 129 Å². The molecule has 0 aromatic heterocycles. The molecule has 22 heavy (non-hydrogen) atoms. The molecule has 0 unspecified atom stereocenters. The molecule has 1 N–H and O–H groups in total. The van der Waals surface area contributed by atoms with Crippen molar-refractivity contribution >= 4 is 11.8 Å². The average molecular weight is 294 g/mol. The summed E-state index contributed by atoms with van der Waals surface area (Å²) in [6.45, 7) is 1.95. The van der Waals surface area contributed by atoms with Crippen LogP contribution in [0.4, 0.5) is 10.5 Å². The number of amides is 1. The molecule has 2 aromatic carbocycles. The van der Waals surface area contributed by atoms with E-state index in [1.54, 1.807) is 0 Å². The second-order valence-corrected chi connectivity index (χ2v) is 6.01. The Kier molecular flexibility index (Phi) is 3.12. The van der Waals surface area contributed by atoms with Crippen LogP contribution in [0, 0.1) is 0 Å². The number of ether oxygens (including phenoxy) is 1. The maximum absolute atomic E-state index is 12.7. The van der Waals surface area contributed by atoms with E-state index in [9.17, 15) is 4.79 Å². The van der Waals surface area contributed by atoms with Gasteiger partial charge >= 0.3 is 6.09 Å². The van der Waals surface area contributed by atoms with Crippen LogP contribution >= 0.6 is 0 Å². The van der Waals surface area contributed by atoms with Gasteiger partial charge in [0.2, 0.25) is 0 Å². The number of hydrogen-bond acceptors (Lipinski definition) is 3. The van der Waals surface area contributed by atoms with Gasteiger partial charge in [-0.2, -0.15) is 0 Å². The van der Waals surface area contributed by atoms with Gasteiger partial charge in [-0.15, -0.1) is 0 Å². The quantitative estimate of drug-likeness (QED) is 0.926. The lowest BCUT2D eigenvalue weighted by Crippen LogP contribution is -2.69. The number of benzene rings is 2. The number of carbonyl (C=O) groups excluding carboxylic acids is 1. The molecule has 2 heterocycles. The number of para-hydroxylation sites is 1. The third kappa shape index (κ3) is 2.07. The van der Waals surface area contributed by atoms with Gasteiger partial charge in [0, 0.05) is 19.5 Å². The van der Waals surface area contributed by atoms with Gasteiger partial charge in [-0.05, 0) is 17.2 Å². The number of rotatable bonds is 2. The first-order chi connectivity index (χ1) is 10.8. The second kappa shape index (κ2) is 5.14. The summed E-state index contributed by atoms with van der Waals surface area (Å²) in [6.07, 6.45) is 0.645. The standard InChI is InChI=1S/C18H18N2O2/c21-17(22-11-14-6-2-1-3-7-14)20-16-9-5-4-8-15(16)10-18(20)12-19-13-18/h1-9,19H,10-13H2. The molecule has 112 valence electrons. The topological polar surface area (TPSA) is 41.6 Å². The zero-order valence-corrected chi connectivity index (χ0v) is 12.3. The van der Waals surface area contributed by atoms with E-state index in [2.05, 4.69) is 11.4 Å². The van der Waals surface area contributed by atoms with Gasteiger partial charge < -0.3 is 10.1 Å². The first kappa shape index (κ1) is 13.3. The predicted molar refractivity (Wildman–Crippen MR) is 84.9 cm³/mol. The zero-order chi connectivity index (χ0) is 15.0. The molecular weight excluding hydrogens is 276 g/mol. The van der Waals surface area contributed by atoms with E-state index < -0.39 is 0 Å². The van der Waals surface area contributed by atoms with Crippen molar-refractivity contribution in [2.45, 2.75) is 18.6 Å². The van der Waals surface area contributed by atoms with E-state index >= 15 is 0 Å². The first-order valence-electron chi connectivity index (χ1n) is 7.58. The highest BCUT2D eigenvalue weighted by Crippen LogP contribution is 2.41. The fraction of sp³-hybridized carbons (Fsp3) is 0.278. The Morgan fingerprint density at radius 2 is 1.82 bits per heavy atom. The Morgan fingerprint density at radius 1 is 1.09 bits per heavy atom. The van der Waals surface area contributed by atoms with E-state index in [1.807, 2.05) is 53.4 Å². The van der Waals surface area contributed by atoms with Crippen molar-refractivity contribution in [1.82, 2.24) is 5.32 Å². The molecule has 0 bridgehead atoms. The maximum atomic E-state index is 12.7. The monoisotopic (exact) mass is 294 g/mol. The molecule has 4 heteroatoms.